The molecule has 0 aliphatic carbocycles. The average molecular weight is 520 g/mol. The maximum atomic E-state index is 13.5. The molecule has 0 spiro atoms. The first kappa shape index (κ1) is 26.8. The third-order valence-electron chi connectivity index (χ3n) is 5.54. The molecule has 1 aliphatic rings. The molecule has 0 atom stereocenters. The van der Waals surface area contributed by atoms with E-state index in [4.69, 9.17) is 16.3 Å². The first-order valence-corrected chi connectivity index (χ1v) is 11.1. The van der Waals surface area contributed by atoms with Crippen LogP contribution in [0, 0.1) is 5.92 Å². The molecular weight excluding hydrogens is 496 g/mol. The molecule has 3 nitrogen and oxygen atoms in total. The fourth-order valence-electron chi connectivity index (χ4n) is 3.61. The van der Waals surface area contributed by atoms with Gasteiger partial charge in [-0.1, -0.05) is 37.6 Å². The summed E-state index contributed by atoms with van der Waals surface area (Å²) in [4.78, 5) is 1.50. The molecule has 2 aromatic rings. The number of benzene rings is 2. The molecule has 0 saturated heterocycles. The Labute approximate surface area is 204 Å². The Kier molecular flexibility index (Phi) is 7.69. The Hall–Kier alpha value is -2.81. The van der Waals surface area contributed by atoms with Gasteiger partial charge in [0.1, 0.15) is 11.5 Å². The van der Waals surface area contributed by atoms with E-state index in [1.165, 1.54) is 23.1 Å². The molecule has 1 heterocycles. The van der Waals surface area contributed by atoms with Crippen molar-refractivity contribution in [3.05, 3.63) is 64.2 Å². The van der Waals surface area contributed by atoms with E-state index >= 15 is 0 Å². The maximum Gasteiger partial charge on any atom is 0.417 e. The summed E-state index contributed by atoms with van der Waals surface area (Å²) in [5, 5.41) is 10.7. The largest absolute Gasteiger partial charge is 0.506 e. The highest BCUT2D eigenvalue weighted by molar-refractivity contribution is 6.31. The van der Waals surface area contributed by atoms with E-state index in [2.05, 4.69) is 0 Å². The van der Waals surface area contributed by atoms with Crippen LogP contribution in [0.15, 0.2) is 48.1 Å². The van der Waals surface area contributed by atoms with Crippen LogP contribution in [0.25, 0.3) is 16.8 Å². The van der Waals surface area contributed by atoms with E-state index in [1.807, 2.05) is 13.8 Å². The van der Waals surface area contributed by atoms with Crippen LogP contribution in [0.3, 0.4) is 0 Å². The van der Waals surface area contributed by atoms with Crippen LogP contribution >= 0.6 is 11.6 Å². The smallest absolute Gasteiger partial charge is 0.417 e. The SMILES string of the molecule is CC(C)CCOc1ccc(C2=CC(C(F)(F)F)=CCN2C)c(O)c1-c1ccc(Cl)c(C(F)(F)F)c1. The lowest BCUT2D eigenvalue weighted by atomic mass is 9.95. The Bertz CT molecular complexity index is 1150. The van der Waals surface area contributed by atoms with Gasteiger partial charge in [0.25, 0.3) is 0 Å². The summed E-state index contributed by atoms with van der Waals surface area (Å²) in [5.41, 5.74) is -1.99. The van der Waals surface area contributed by atoms with Gasteiger partial charge >= 0.3 is 12.4 Å². The van der Waals surface area contributed by atoms with Crippen LogP contribution in [0.5, 0.6) is 11.5 Å². The normalized spacial score (nSPS) is 14.8. The van der Waals surface area contributed by atoms with E-state index < -0.39 is 34.3 Å². The standard InChI is InChI=1S/C25H24ClF6NO2/c1-14(2)9-11-35-21-7-5-17(20-13-16(24(27,28)29)8-10-33(20)3)23(34)22(21)15-4-6-19(26)18(12-15)25(30,31)32/h4-8,12-14,34H,9-11H2,1-3H3. The lowest BCUT2D eigenvalue weighted by Gasteiger charge is -2.28. The third kappa shape index (κ3) is 6.07. The van der Waals surface area contributed by atoms with Gasteiger partial charge < -0.3 is 14.7 Å². The monoisotopic (exact) mass is 519 g/mol. The molecule has 0 unspecified atom stereocenters. The van der Waals surface area contributed by atoms with E-state index in [0.717, 1.165) is 24.3 Å². The zero-order valence-corrected chi connectivity index (χ0v) is 19.9. The van der Waals surface area contributed by atoms with Crippen molar-refractivity contribution < 1.29 is 36.2 Å². The Morgan fingerprint density at radius 1 is 1.06 bits per heavy atom. The van der Waals surface area contributed by atoms with Crippen LogP contribution in [-0.2, 0) is 6.18 Å². The lowest BCUT2D eigenvalue weighted by Crippen LogP contribution is -2.24. The van der Waals surface area contributed by atoms with Crippen LogP contribution in [0.2, 0.25) is 5.02 Å². The minimum absolute atomic E-state index is 0.0251. The summed E-state index contributed by atoms with van der Waals surface area (Å²) in [6.45, 7) is 4.10. The van der Waals surface area contributed by atoms with E-state index in [0.29, 0.717) is 6.42 Å². The van der Waals surface area contributed by atoms with Gasteiger partial charge in [0.2, 0.25) is 0 Å². The molecule has 35 heavy (non-hydrogen) atoms. The fourth-order valence-corrected chi connectivity index (χ4v) is 3.84. The number of hydrogen-bond acceptors (Lipinski definition) is 3. The van der Waals surface area contributed by atoms with Crippen molar-refractivity contribution in [3.63, 3.8) is 0 Å². The second-order valence-electron chi connectivity index (χ2n) is 8.63. The van der Waals surface area contributed by atoms with Crippen LogP contribution in [0.4, 0.5) is 26.3 Å². The minimum Gasteiger partial charge on any atom is -0.506 e. The number of rotatable bonds is 6. The first-order valence-electron chi connectivity index (χ1n) is 10.8. The quantitative estimate of drug-likeness (QED) is 0.393. The van der Waals surface area contributed by atoms with Crippen molar-refractivity contribution in [2.45, 2.75) is 32.6 Å². The number of aromatic hydroxyl groups is 1. The molecule has 1 N–H and O–H groups in total. The summed E-state index contributed by atoms with van der Waals surface area (Å²) < 4.78 is 86.3. The van der Waals surface area contributed by atoms with Crippen molar-refractivity contribution >= 4 is 17.3 Å². The van der Waals surface area contributed by atoms with Gasteiger partial charge in [0, 0.05) is 24.9 Å². The lowest BCUT2D eigenvalue weighted by molar-refractivity contribution is -0.137. The molecule has 0 amide bonds. The van der Waals surface area contributed by atoms with E-state index in [-0.39, 0.29) is 47.2 Å². The van der Waals surface area contributed by atoms with Gasteiger partial charge in [0.15, 0.2) is 0 Å². The zero-order valence-electron chi connectivity index (χ0n) is 19.2. The topological polar surface area (TPSA) is 32.7 Å². The third-order valence-corrected chi connectivity index (χ3v) is 5.87. The second kappa shape index (κ2) is 10.0. The zero-order chi connectivity index (χ0) is 26.1. The Morgan fingerprint density at radius 2 is 1.74 bits per heavy atom. The molecule has 0 saturated carbocycles. The number of phenols is 1. The van der Waals surface area contributed by atoms with Gasteiger partial charge in [-0.2, -0.15) is 26.3 Å². The average Bonchev–Trinajstić information content (AvgIpc) is 2.73. The van der Waals surface area contributed by atoms with Crippen molar-refractivity contribution in [1.29, 1.82) is 0 Å². The van der Waals surface area contributed by atoms with Gasteiger partial charge in [-0.05, 0) is 48.2 Å². The van der Waals surface area contributed by atoms with Crippen LogP contribution in [0.1, 0.15) is 31.4 Å². The van der Waals surface area contributed by atoms with E-state index in [9.17, 15) is 31.4 Å². The number of nitrogens with zero attached hydrogens (tertiary/aromatic N) is 1. The summed E-state index contributed by atoms with van der Waals surface area (Å²) in [7, 11) is 1.55. The minimum atomic E-state index is -4.75. The van der Waals surface area contributed by atoms with E-state index in [1.54, 1.807) is 7.05 Å². The van der Waals surface area contributed by atoms with Crippen molar-refractivity contribution in [3.8, 4) is 22.6 Å². The molecule has 0 aromatic heterocycles. The van der Waals surface area contributed by atoms with Gasteiger partial charge in [-0.25, -0.2) is 0 Å². The highest BCUT2D eigenvalue weighted by Gasteiger charge is 2.36. The molecular formula is C25H24ClF6NO2. The number of ether oxygens (including phenoxy) is 1. The Morgan fingerprint density at radius 3 is 2.34 bits per heavy atom. The molecule has 190 valence electrons. The number of halogens is 7. The van der Waals surface area contributed by atoms with Gasteiger partial charge in [-0.3, -0.25) is 0 Å². The summed E-state index contributed by atoms with van der Waals surface area (Å²) in [6.07, 6.45) is -6.80. The summed E-state index contributed by atoms with van der Waals surface area (Å²) in [6, 6.07) is 5.97. The van der Waals surface area contributed by atoms with Crippen LogP contribution in [-0.4, -0.2) is 36.4 Å². The maximum absolute atomic E-state index is 13.5. The number of allylic oxidation sites excluding steroid dienone is 2. The second-order valence-corrected chi connectivity index (χ2v) is 9.03. The van der Waals surface area contributed by atoms with Crippen molar-refractivity contribution in [2.75, 3.05) is 20.2 Å². The molecule has 10 heteroatoms. The predicted molar refractivity (Wildman–Crippen MR) is 123 cm³/mol. The molecule has 0 radical (unpaired) electrons. The number of hydrogen-bond donors (Lipinski definition) is 1. The summed E-state index contributed by atoms with van der Waals surface area (Å²) >= 11 is 5.75. The number of alkyl halides is 6. The number of phenolic OH excluding ortho intramolecular Hbond substituents is 1. The molecule has 2 aromatic carbocycles. The number of likely N-dealkylation sites (N-methyl/N-ethyl adjacent to an activating group) is 1. The fraction of sp³-hybridized carbons (Fsp3) is 0.360. The predicted octanol–water partition coefficient (Wildman–Crippen LogP) is 7.93. The van der Waals surface area contributed by atoms with Crippen molar-refractivity contribution in [2.24, 2.45) is 5.92 Å². The molecule has 0 fully saturated rings. The highest BCUT2D eigenvalue weighted by Crippen LogP contribution is 2.46. The molecule has 1 aliphatic heterocycles. The molecule has 3 rings (SSSR count). The van der Waals surface area contributed by atoms with Gasteiger partial charge in [0.05, 0.1) is 28.3 Å². The molecule has 0 bridgehead atoms. The van der Waals surface area contributed by atoms with Crippen LogP contribution < -0.4 is 4.74 Å². The summed E-state index contributed by atoms with van der Waals surface area (Å²) in [5.74, 6) is -0.107. The first-order chi connectivity index (χ1) is 16.2. The van der Waals surface area contributed by atoms with Gasteiger partial charge in [-0.15, -0.1) is 0 Å². The van der Waals surface area contributed by atoms with Crippen molar-refractivity contribution in [1.82, 2.24) is 4.90 Å². The highest BCUT2D eigenvalue weighted by atomic mass is 35.5. The Balaban J connectivity index is 2.20.